The van der Waals surface area contributed by atoms with Crippen LogP contribution in [-0.4, -0.2) is 38.8 Å². The molecule has 1 N–H and O–H groups in total. The van der Waals surface area contributed by atoms with E-state index >= 15 is 0 Å². The fourth-order valence-corrected chi connectivity index (χ4v) is 5.61. The van der Waals surface area contributed by atoms with E-state index in [1.54, 1.807) is 19.2 Å². The Morgan fingerprint density at radius 2 is 1.97 bits per heavy atom. The number of aryl methyl sites for hydroxylation is 1. The van der Waals surface area contributed by atoms with E-state index in [2.05, 4.69) is 5.32 Å². The molecule has 0 unspecified atom stereocenters. The van der Waals surface area contributed by atoms with E-state index in [4.69, 9.17) is 16.3 Å². The second-order valence-electron chi connectivity index (χ2n) is 7.85. The van der Waals surface area contributed by atoms with Gasteiger partial charge in [0.2, 0.25) is 15.9 Å². The first-order chi connectivity index (χ1) is 14.8. The predicted molar refractivity (Wildman–Crippen MR) is 122 cm³/mol. The van der Waals surface area contributed by atoms with E-state index in [0.717, 1.165) is 23.3 Å². The number of halogens is 1. The molecule has 1 aliphatic rings. The largest absolute Gasteiger partial charge is 0.496 e. The molecule has 1 heterocycles. The van der Waals surface area contributed by atoms with Crippen molar-refractivity contribution in [3.8, 4) is 5.75 Å². The zero-order valence-electron chi connectivity index (χ0n) is 18.1. The van der Waals surface area contributed by atoms with Crippen molar-refractivity contribution in [1.29, 1.82) is 0 Å². The summed E-state index contributed by atoms with van der Waals surface area (Å²) in [5.74, 6) is 0.306. The summed E-state index contributed by atoms with van der Waals surface area (Å²) in [5, 5.41) is 3.60. The monoisotopic (exact) mass is 464 g/mol. The molecule has 0 aromatic heterocycles. The third kappa shape index (κ3) is 5.40. The molecular weight excluding hydrogens is 436 g/mol. The molecule has 0 radical (unpaired) electrons. The highest BCUT2D eigenvalue weighted by molar-refractivity contribution is 7.89. The molecule has 2 aromatic rings. The van der Waals surface area contributed by atoms with Gasteiger partial charge in [-0.15, -0.1) is 0 Å². The van der Waals surface area contributed by atoms with Crippen LogP contribution in [0.5, 0.6) is 5.75 Å². The molecule has 1 fully saturated rings. The molecule has 2 atom stereocenters. The Balaban J connectivity index is 1.71. The van der Waals surface area contributed by atoms with E-state index in [1.807, 2.05) is 32.0 Å². The van der Waals surface area contributed by atoms with Crippen LogP contribution in [-0.2, 0) is 14.8 Å². The van der Waals surface area contributed by atoms with Crippen LogP contribution in [0.15, 0.2) is 47.4 Å². The maximum absolute atomic E-state index is 13.0. The van der Waals surface area contributed by atoms with Crippen LogP contribution in [0.3, 0.4) is 0 Å². The number of methoxy groups -OCH3 is 1. The van der Waals surface area contributed by atoms with Crippen molar-refractivity contribution >= 4 is 27.5 Å². The first kappa shape index (κ1) is 23.6. The Kier molecular flexibility index (Phi) is 7.62. The molecular formula is C23H29ClN2O4S. The van der Waals surface area contributed by atoms with Gasteiger partial charge in [-0.1, -0.05) is 30.7 Å². The van der Waals surface area contributed by atoms with Crippen molar-refractivity contribution < 1.29 is 17.9 Å². The van der Waals surface area contributed by atoms with Crippen LogP contribution in [0.2, 0.25) is 5.02 Å². The van der Waals surface area contributed by atoms with Gasteiger partial charge in [-0.25, -0.2) is 8.42 Å². The SMILES string of the molecule is CC[C@@H](NC(=O)[C@@H]1CCCN(S(=O)(=O)c2ccc(Cl)cc2)C1)c1ccc(OC)c(C)c1. The second-order valence-corrected chi connectivity index (χ2v) is 10.2. The number of rotatable bonds is 7. The summed E-state index contributed by atoms with van der Waals surface area (Å²) < 4.78 is 32.7. The summed E-state index contributed by atoms with van der Waals surface area (Å²) in [5.41, 5.74) is 2.01. The highest BCUT2D eigenvalue weighted by atomic mass is 35.5. The van der Waals surface area contributed by atoms with Gasteiger partial charge in [-0.2, -0.15) is 4.31 Å². The molecule has 168 valence electrons. The van der Waals surface area contributed by atoms with Crippen molar-refractivity contribution in [2.75, 3.05) is 20.2 Å². The van der Waals surface area contributed by atoms with Crippen LogP contribution in [0.4, 0.5) is 0 Å². The summed E-state index contributed by atoms with van der Waals surface area (Å²) in [4.78, 5) is 13.2. The van der Waals surface area contributed by atoms with Crippen LogP contribution in [0.25, 0.3) is 0 Å². The van der Waals surface area contributed by atoms with Gasteiger partial charge in [0.25, 0.3) is 0 Å². The number of hydrogen-bond acceptors (Lipinski definition) is 4. The van der Waals surface area contributed by atoms with Crippen molar-refractivity contribution in [1.82, 2.24) is 9.62 Å². The van der Waals surface area contributed by atoms with Gasteiger partial charge in [-0.3, -0.25) is 4.79 Å². The van der Waals surface area contributed by atoms with E-state index in [0.29, 0.717) is 24.4 Å². The Labute approximate surface area is 189 Å². The molecule has 8 heteroatoms. The molecule has 0 bridgehead atoms. The molecule has 31 heavy (non-hydrogen) atoms. The minimum absolute atomic E-state index is 0.115. The number of ether oxygens (including phenoxy) is 1. The zero-order valence-corrected chi connectivity index (χ0v) is 19.7. The highest BCUT2D eigenvalue weighted by Gasteiger charge is 2.34. The zero-order chi connectivity index (χ0) is 22.6. The molecule has 6 nitrogen and oxygen atoms in total. The number of nitrogens with zero attached hydrogens (tertiary/aromatic N) is 1. The number of nitrogens with one attached hydrogen (secondary N) is 1. The lowest BCUT2D eigenvalue weighted by molar-refractivity contribution is -0.126. The van der Waals surface area contributed by atoms with Crippen molar-refractivity contribution in [2.24, 2.45) is 5.92 Å². The van der Waals surface area contributed by atoms with E-state index < -0.39 is 10.0 Å². The summed E-state index contributed by atoms with van der Waals surface area (Å²) in [6, 6.07) is 11.9. The average Bonchev–Trinajstić information content (AvgIpc) is 2.77. The lowest BCUT2D eigenvalue weighted by Gasteiger charge is -2.32. The van der Waals surface area contributed by atoms with E-state index in [9.17, 15) is 13.2 Å². The summed E-state index contributed by atoms with van der Waals surface area (Å²) in [6.45, 7) is 4.57. The fraction of sp³-hybridized carbons (Fsp3) is 0.435. The lowest BCUT2D eigenvalue weighted by atomic mass is 9.96. The third-order valence-electron chi connectivity index (χ3n) is 5.75. The van der Waals surface area contributed by atoms with Crippen molar-refractivity contribution in [2.45, 2.75) is 44.0 Å². The van der Waals surface area contributed by atoms with Gasteiger partial charge in [0, 0.05) is 18.1 Å². The number of piperidine rings is 1. The number of sulfonamides is 1. The van der Waals surface area contributed by atoms with Gasteiger partial charge in [-0.05, 0) is 67.6 Å². The molecule has 0 aliphatic carbocycles. The number of benzene rings is 2. The van der Waals surface area contributed by atoms with E-state index in [-0.39, 0.29) is 29.3 Å². The standard InChI is InChI=1S/C23H29ClN2O4S/c1-4-21(17-7-12-22(30-3)16(2)14-17)25-23(27)18-6-5-13-26(15-18)31(28,29)20-10-8-19(24)9-11-20/h7-12,14,18,21H,4-6,13,15H2,1-3H3,(H,25,27)/t18-,21-/m1/s1. The Morgan fingerprint density at radius 1 is 1.26 bits per heavy atom. The first-order valence-corrected chi connectivity index (χ1v) is 12.3. The number of carbonyl (C=O) groups is 1. The normalized spacial score (nSPS) is 18.4. The van der Waals surface area contributed by atoms with Crippen LogP contribution in [0, 0.1) is 12.8 Å². The molecule has 1 aliphatic heterocycles. The smallest absolute Gasteiger partial charge is 0.243 e. The molecule has 1 saturated heterocycles. The quantitative estimate of drug-likeness (QED) is 0.661. The van der Waals surface area contributed by atoms with Gasteiger partial charge in [0.05, 0.1) is 24.0 Å². The van der Waals surface area contributed by atoms with Crippen molar-refractivity contribution in [3.63, 3.8) is 0 Å². The first-order valence-electron chi connectivity index (χ1n) is 10.5. The molecule has 2 aromatic carbocycles. The van der Waals surface area contributed by atoms with Gasteiger partial charge in [0.15, 0.2) is 0 Å². The van der Waals surface area contributed by atoms with Crippen molar-refractivity contribution in [3.05, 3.63) is 58.6 Å². The molecule has 0 saturated carbocycles. The molecule has 0 spiro atoms. The summed E-state index contributed by atoms with van der Waals surface area (Å²) in [6.07, 6.45) is 2.04. The Morgan fingerprint density at radius 3 is 2.58 bits per heavy atom. The predicted octanol–water partition coefficient (Wildman–Crippen LogP) is 4.33. The summed E-state index contributed by atoms with van der Waals surface area (Å²) in [7, 11) is -2.03. The lowest BCUT2D eigenvalue weighted by Crippen LogP contribution is -2.46. The number of carbonyl (C=O) groups excluding carboxylic acids is 1. The Bertz CT molecular complexity index is 1020. The van der Waals surface area contributed by atoms with Crippen LogP contribution >= 0.6 is 11.6 Å². The average molecular weight is 465 g/mol. The van der Waals surface area contributed by atoms with Crippen LogP contribution in [0.1, 0.15) is 43.4 Å². The highest BCUT2D eigenvalue weighted by Crippen LogP contribution is 2.27. The van der Waals surface area contributed by atoms with Crippen LogP contribution < -0.4 is 10.1 Å². The summed E-state index contributed by atoms with van der Waals surface area (Å²) >= 11 is 5.88. The Hall–Kier alpha value is -2.09. The van der Waals surface area contributed by atoms with Gasteiger partial charge >= 0.3 is 0 Å². The van der Waals surface area contributed by atoms with Gasteiger partial charge < -0.3 is 10.1 Å². The maximum atomic E-state index is 13.0. The second kappa shape index (κ2) is 10.0. The topological polar surface area (TPSA) is 75.7 Å². The third-order valence-corrected chi connectivity index (χ3v) is 7.88. The minimum Gasteiger partial charge on any atom is -0.496 e. The van der Waals surface area contributed by atoms with E-state index in [1.165, 1.54) is 16.4 Å². The fourth-order valence-electron chi connectivity index (χ4n) is 3.96. The number of hydrogen-bond donors (Lipinski definition) is 1. The maximum Gasteiger partial charge on any atom is 0.243 e. The minimum atomic E-state index is -3.66. The molecule has 1 amide bonds. The molecule has 3 rings (SSSR count). The number of amides is 1. The van der Waals surface area contributed by atoms with Gasteiger partial charge in [0.1, 0.15) is 5.75 Å².